The molecule has 0 radical (unpaired) electrons. The van der Waals surface area contributed by atoms with E-state index < -0.39 is 0 Å². The van der Waals surface area contributed by atoms with Crippen LogP contribution in [0.3, 0.4) is 0 Å². The second-order valence-corrected chi connectivity index (χ2v) is 6.22. The summed E-state index contributed by atoms with van der Waals surface area (Å²) < 4.78 is 6.35. The third-order valence-corrected chi connectivity index (χ3v) is 4.32. The van der Waals surface area contributed by atoms with Crippen molar-refractivity contribution < 1.29 is 9.76 Å². The Hall–Kier alpha value is -2.69. The smallest absolute Gasteiger partial charge is 0.362 e. The number of hydrogen-bond acceptors (Lipinski definition) is 3. The van der Waals surface area contributed by atoms with E-state index in [2.05, 4.69) is 0 Å². The van der Waals surface area contributed by atoms with Crippen LogP contribution in [0.15, 0.2) is 84.9 Å². The lowest BCUT2D eigenvalue weighted by Crippen LogP contribution is -2.48. The first-order valence-electron chi connectivity index (χ1n) is 8.75. The van der Waals surface area contributed by atoms with Crippen LogP contribution in [-0.2, 0) is 17.7 Å². The number of aliphatic hydroxyl groups excluding tert-OH is 1. The highest BCUT2D eigenvalue weighted by atomic mass is 16.4. The summed E-state index contributed by atoms with van der Waals surface area (Å²) in [6, 6.07) is 27.8. The van der Waals surface area contributed by atoms with Gasteiger partial charge in [0.2, 0.25) is 0 Å². The predicted molar refractivity (Wildman–Crippen MR) is 108 cm³/mol. The Morgan fingerprint density at radius 2 is 1.46 bits per heavy atom. The summed E-state index contributed by atoms with van der Waals surface area (Å²) in [4.78, 5) is 0. The minimum atomic E-state index is -0.333. The van der Waals surface area contributed by atoms with Gasteiger partial charge in [-0.15, -0.1) is 0 Å². The van der Waals surface area contributed by atoms with Crippen LogP contribution in [0.1, 0.15) is 11.1 Å². The van der Waals surface area contributed by atoms with Crippen molar-refractivity contribution >= 4 is 24.1 Å². The van der Waals surface area contributed by atoms with Gasteiger partial charge < -0.3 is 15.2 Å². The molecule has 1 unspecified atom stereocenters. The zero-order valence-electron chi connectivity index (χ0n) is 14.6. The fourth-order valence-electron chi connectivity index (χ4n) is 3.00. The van der Waals surface area contributed by atoms with Crippen LogP contribution in [0, 0.1) is 5.41 Å². The monoisotopic (exact) mass is 343 g/mol. The second-order valence-electron chi connectivity index (χ2n) is 6.22. The molecular formula is C22H22BNO2. The van der Waals surface area contributed by atoms with Crippen LogP contribution >= 0.6 is 0 Å². The van der Waals surface area contributed by atoms with Crippen LogP contribution in [0.4, 0.5) is 0 Å². The molecule has 0 aliphatic heterocycles. The average Bonchev–Trinajstić information content (AvgIpc) is 2.72. The molecule has 0 saturated heterocycles. The molecule has 0 spiro atoms. The molecular weight excluding hydrogens is 321 g/mol. The third kappa shape index (κ3) is 4.69. The Balaban J connectivity index is 1.88. The van der Waals surface area contributed by atoms with E-state index in [1.807, 2.05) is 84.9 Å². The Morgan fingerprint density at radius 3 is 2.12 bits per heavy atom. The summed E-state index contributed by atoms with van der Waals surface area (Å²) in [7, 11) is 0. The second kappa shape index (κ2) is 9.13. The molecule has 26 heavy (non-hydrogen) atoms. The highest BCUT2D eigenvalue weighted by Gasteiger charge is 2.25. The summed E-state index contributed by atoms with van der Waals surface area (Å²) in [6.07, 6.45) is 1.67. The van der Waals surface area contributed by atoms with Crippen molar-refractivity contribution in [1.29, 1.82) is 5.41 Å². The van der Waals surface area contributed by atoms with Crippen molar-refractivity contribution in [1.82, 2.24) is 0 Å². The normalized spacial score (nSPS) is 11.7. The largest absolute Gasteiger partial charge is 0.419 e. The molecule has 4 heteroatoms. The van der Waals surface area contributed by atoms with Crippen molar-refractivity contribution in [3.05, 3.63) is 96.1 Å². The molecule has 2 N–H and O–H groups in total. The third-order valence-electron chi connectivity index (χ3n) is 4.32. The van der Waals surface area contributed by atoms with Gasteiger partial charge in [-0.1, -0.05) is 84.9 Å². The van der Waals surface area contributed by atoms with Gasteiger partial charge in [0.1, 0.15) is 0 Å². The summed E-state index contributed by atoms with van der Waals surface area (Å²) >= 11 is 0. The topological polar surface area (TPSA) is 53.3 Å². The molecule has 0 heterocycles. The van der Waals surface area contributed by atoms with Gasteiger partial charge in [0.25, 0.3) is 0 Å². The van der Waals surface area contributed by atoms with Crippen LogP contribution in [0.25, 0.3) is 0 Å². The minimum Gasteiger partial charge on any atom is -0.419 e. The quantitative estimate of drug-likeness (QED) is 0.488. The summed E-state index contributed by atoms with van der Waals surface area (Å²) in [5, 5.41) is 17.3. The van der Waals surface area contributed by atoms with E-state index in [0.29, 0.717) is 6.42 Å². The standard InChI is InChI=1S/C22H22BNO2/c24-16-22(15-18-8-3-1-4-9-18)26-23(20-11-5-2-6-12-20)21-13-7-10-19(14-21)17-25/h1-14,16,22,24-25H,15,17H2. The molecule has 0 amide bonds. The van der Waals surface area contributed by atoms with E-state index in [-0.39, 0.29) is 19.6 Å². The molecule has 0 aliphatic rings. The lowest BCUT2D eigenvalue weighted by atomic mass is 9.55. The van der Waals surface area contributed by atoms with Crippen molar-refractivity contribution in [3.8, 4) is 0 Å². The first-order valence-corrected chi connectivity index (χ1v) is 8.75. The molecule has 0 aromatic heterocycles. The number of rotatable bonds is 8. The van der Waals surface area contributed by atoms with E-state index in [9.17, 15) is 5.11 Å². The lowest BCUT2D eigenvalue weighted by Gasteiger charge is -2.21. The molecule has 1 atom stereocenters. The van der Waals surface area contributed by atoms with Crippen molar-refractivity contribution in [2.24, 2.45) is 0 Å². The van der Waals surface area contributed by atoms with Gasteiger partial charge in [0, 0.05) is 12.6 Å². The van der Waals surface area contributed by atoms with Crippen LogP contribution in [-0.4, -0.2) is 24.3 Å². The SMILES string of the molecule is N=CC(Cc1ccccc1)OB(c1ccccc1)c1cccc(CO)c1. The van der Waals surface area contributed by atoms with Gasteiger partial charge >= 0.3 is 6.92 Å². The Kier molecular flexibility index (Phi) is 6.36. The van der Waals surface area contributed by atoms with Crippen LogP contribution < -0.4 is 10.9 Å². The Morgan fingerprint density at radius 1 is 0.846 bits per heavy atom. The highest BCUT2D eigenvalue weighted by Crippen LogP contribution is 2.08. The Bertz CT molecular complexity index is 824. The number of aliphatic hydroxyl groups is 1. The average molecular weight is 343 g/mol. The van der Waals surface area contributed by atoms with Gasteiger partial charge in [-0.25, -0.2) is 0 Å². The summed E-state index contributed by atoms with van der Waals surface area (Å²) in [5.74, 6) is 0. The molecule has 0 bridgehead atoms. The minimum absolute atomic E-state index is 0.00658. The van der Waals surface area contributed by atoms with Gasteiger partial charge in [0.15, 0.2) is 0 Å². The maximum absolute atomic E-state index is 9.46. The van der Waals surface area contributed by atoms with E-state index in [0.717, 1.165) is 22.1 Å². The van der Waals surface area contributed by atoms with Crippen molar-refractivity contribution in [2.75, 3.05) is 0 Å². The van der Waals surface area contributed by atoms with E-state index in [1.54, 1.807) is 0 Å². The Labute approximate surface area is 154 Å². The molecule has 130 valence electrons. The number of hydrogen-bond donors (Lipinski definition) is 2. The van der Waals surface area contributed by atoms with E-state index in [1.165, 1.54) is 6.21 Å². The predicted octanol–water partition coefficient (Wildman–Crippen LogP) is 2.56. The van der Waals surface area contributed by atoms with Crippen molar-refractivity contribution in [2.45, 2.75) is 19.1 Å². The molecule has 3 nitrogen and oxygen atoms in total. The molecule has 3 aromatic rings. The summed E-state index contributed by atoms with van der Waals surface area (Å²) in [5.41, 5.74) is 3.99. The highest BCUT2D eigenvalue weighted by molar-refractivity contribution is 6.80. The zero-order chi connectivity index (χ0) is 18.2. The molecule has 3 aromatic carbocycles. The van der Waals surface area contributed by atoms with Gasteiger partial charge in [-0.2, -0.15) is 0 Å². The molecule has 0 saturated carbocycles. The van der Waals surface area contributed by atoms with E-state index in [4.69, 9.17) is 10.1 Å². The van der Waals surface area contributed by atoms with Crippen molar-refractivity contribution in [3.63, 3.8) is 0 Å². The van der Waals surface area contributed by atoms with E-state index >= 15 is 0 Å². The lowest BCUT2D eigenvalue weighted by molar-refractivity contribution is 0.281. The van der Waals surface area contributed by atoms with Gasteiger partial charge in [0.05, 0.1) is 12.7 Å². The summed E-state index contributed by atoms with van der Waals surface area (Å²) in [6.45, 7) is -0.300. The molecule has 0 aliphatic carbocycles. The molecule has 0 fully saturated rings. The molecule has 3 rings (SSSR count). The fourth-order valence-corrected chi connectivity index (χ4v) is 3.00. The first kappa shape index (κ1) is 18.1. The van der Waals surface area contributed by atoms with Crippen LogP contribution in [0.5, 0.6) is 0 Å². The van der Waals surface area contributed by atoms with Crippen LogP contribution in [0.2, 0.25) is 0 Å². The first-order chi connectivity index (χ1) is 12.8. The maximum atomic E-state index is 9.46. The fraction of sp³-hybridized carbons (Fsp3) is 0.136. The van der Waals surface area contributed by atoms with Gasteiger partial charge in [-0.05, 0) is 22.1 Å². The maximum Gasteiger partial charge on any atom is 0.362 e. The zero-order valence-corrected chi connectivity index (χ0v) is 14.6. The number of nitrogens with one attached hydrogen (secondary N) is 1. The van der Waals surface area contributed by atoms with Gasteiger partial charge in [-0.3, -0.25) is 0 Å². The number of benzene rings is 3.